The average molecular weight is 207 g/mol. The molecule has 0 atom stereocenters. The highest BCUT2D eigenvalue weighted by Gasteiger charge is 2.03. The first kappa shape index (κ1) is 11.2. The van der Waals surface area contributed by atoms with E-state index in [-0.39, 0.29) is 5.69 Å². The molecule has 1 aromatic rings. The molecule has 0 amide bonds. The first-order valence-corrected chi connectivity index (χ1v) is 4.68. The molecule has 2 N–H and O–H groups in total. The maximum Gasteiger partial charge on any atom is 0.356 e. The van der Waals surface area contributed by atoms with Crippen LogP contribution in [-0.2, 0) is 0 Å². The third-order valence-corrected chi connectivity index (χ3v) is 1.67. The predicted molar refractivity (Wildman–Crippen MR) is 56.9 cm³/mol. The van der Waals surface area contributed by atoms with Crippen molar-refractivity contribution >= 4 is 11.8 Å². The lowest BCUT2D eigenvalue weighted by atomic mass is 10.4. The van der Waals surface area contributed by atoms with Crippen LogP contribution in [0.25, 0.3) is 0 Å². The third-order valence-electron chi connectivity index (χ3n) is 1.67. The highest BCUT2D eigenvalue weighted by molar-refractivity contribution is 5.84. The van der Waals surface area contributed by atoms with Gasteiger partial charge in [0.2, 0.25) is 0 Å². The fourth-order valence-electron chi connectivity index (χ4n) is 0.943. The van der Waals surface area contributed by atoms with Crippen LogP contribution in [0.1, 0.15) is 23.8 Å². The summed E-state index contributed by atoms with van der Waals surface area (Å²) < 4.78 is 0. The first-order chi connectivity index (χ1) is 7.24. The number of nitrogens with one attached hydrogen (secondary N) is 1. The van der Waals surface area contributed by atoms with Crippen molar-refractivity contribution < 1.29 is 9.90 Å². The number of aromatic nitrogens is 2. The Morgan fingerprint density at radius 2 is 2.27 bits per heavy atom. The van der Waals surface area contributed by atoms with Crippen molar-refractivity contribution in [2.45, 2.75) is 13.3 Å². The Balaban J connectivity index is 2.50. The second-order valence-corrected chi connectivity index (χ2v) is 2.85. The Kier molecular flexibility index (Phi) is 4.28. The first-order valence-electron chi connectivity index (χ1n) is 4.68. The van der Waals surface area contributed by atoms with E-state index in [0.717, 1.165) is 6.42 Å². The van der Waals surface area contributed by atoms with E-state index in [4.69, 9.17) is 5.11 Å². The minimum absolute atomic E-state index is 0.0512. The van der Waals surface area contributed by atoms with Crippen LogP contribution in [-0.4, -0.2) is 27.6 Å². The highest BCUT2D eigenvalue weighted by Crippen LogP contribution is 2.00. The van der Waals surface area contributed by atoms with Gasteiger partial charge in [-0.1, -0.05) is 19.1 Å². The van der Waals surface area contributed by atoms with Gasteiger partial charge in [0.1, 0.15) is 5.82 Å². The standard InChI is InChI=1S/C10H13N3O2/c1-2-3-4-5-11-9-7-12-8(6-13-9)10(14)15/h3-4,6-7H,2,5H2,1H3,(H,11,13)(H,14,15)/b4-3+. The van der Waals surface area contributed by atoms with Crippen molar-refractivity contribution in [3.8, 4) is 0 Å². The van der Waals surface area contributed by atoms with Gasteiger partial charge in [-0.05, 0) is 6.42 Å². The van der Waals surface area contributed by atoms with Gasteiger partial charge in [0.25, 0.3) is 0 Å². The number of carbonyl (C=O) groups is 1. The molecule has 0 radical (unpaired) electrons. The summed E-state index contributed by atoms with van der Waals surface area (Å²) in [4.78, 5) is 18.1. The van der Waals surface area contributed by atoms with Crippen LogP contribution in [0.4, 0.5) is 5.82 Å². The zero-order chi connectivity index (χ0) is 11.1. The lowest BCUT2D eigenvalue weighted by Gasteiger charge is -2.01. The van der Waals surface area contributed by atoms with Crippen LogP contribution in [0, 0.1) is 0 Å². The predicted octanol–water partition coefficient (Wildman–Crippen LogP) is 1.55. The molecular formula is C10H13N3O2. The normalized spacial score (nSPS) is 10.5. The molecule has 0 aliphatic rings. The lowest BCUT2D eigenvalue weighted by Crippen LogP contribution is -2.05. The zero-order valence-corrected chi connectivity index (χ0v) is 8.47. The van der Waals surface area contributed by atoms with Gasteiger partial charge < -0.3 is 10.4 Å². The number of hydrogen-bond donors (Lipinski definition) is 2. The van der Waals surface area contributed by atoms with Crippen molar-refractivity contribution in [2.75, 3.05) is 11.9 Å². The SMILES string of the molecule is CC/C=C/CNc1cnc(C(=O)O)cn1. The van der Waals surface area contributed by atoms with Gasteiger partial charge in [0.15, 0.2) is 5.69 Å². The molecule has 5 nitrogen and oxygen atoms in total. The number of hydrogen-bond acceptors (Lipinski definition) is 4. The molecule has 0 bridgehead atoms. The molecule has 0 aliphatic heterocycles. The average Bonchev–Trinajstić information content (AvgIpc) is 2.25. The fraction of sp³-hybridized carbons (Fsp3) is 0.300. The van der Waals surface area contributed by atoms with Crippen molar-refractivity contribution in [3.63, 3.8) is 0 Å². The van der Waals surface area contributed by atoms with E-state index in [1.54, 1.807) is 0 Å². The molecular weight excluding hydrogens is 194 g/mol. The summed E-state index contributed by atoms with van der Waals surface area (Å²) in [6.45, 7) is 2.72. The number of carboxylic acids is 1. The van der Waals surface area contributed by atoms with E-state index in [9.17, 15) is 4.79 Å². The van der Waals surface area contributed by atoms with Crippen LogP contribution in [0.3, 0.4) is 0 Å². The summed E-state index contributed by atoms with van der Waals surface area (Å²) in [6, 6.07) is 0. The van der Waals surface area contributed by atoms with Crippen molar-refractivity contribution in [1.82, 2.24) is 9.97 Å². The van der Waals surface area contributed by atoms with E-state index in [2.05, 4.69) is 22.2 Å². The molecule has 80 valence electrons. The van der Waals surface area contributed by atoms with Crippen LogP contribution in [0.2, 0.25) is 0 Å². The minimum atomic E-state index is -1.07. The molecule has 0 fully saturated rings. The second kappa shape index (κ2) is 5.74. The summed E-state index contributed by atoms with van der Waals surface area (Å²) in [5.41, 5.74) is -0.0512. The molecule has 0 unspecified atom stereocenters. The van der Waals surface area contributed by atoms with Crippen LogP contribution >= 0.6 is 0 Å². The quantitative estimate of drug-likeness (QED) is 0.716. The number of aromatic carboxylic acids is 1. The molecule has 5 heteroatoms. The Bertz CT molecular complexity index is 346. The molecule has 1 rings (SSSR count). The smallest absolute Gasteiger partial charge is 0.356 e. The largest absolute Gasteiger partial charge is 0.476 e. The van der Waals surface area contributed by atoms with Crippen molar-refractivity contribution in [3.05, 3.63) is 30.2 Å². The monoisotopic (exact) mass is 207 g/mol. The summed E-state index contributed by atoms with van der Waals surface area (Å²) >= 11 is 0. The van der Waals surface area contributed by atoms with Gasteiger partial charge >= 0.3 is 5.97 Å². The van der Waals surface area contributed by atoms with Gasteiger partial charge in [-0.2, -0.15) is 0 Å². The van der Waals surface area contributed by atoms with E-state index in [0.29, 0.717) is 12.4 Å². The number of nitrogens with zero attached hydrogens (tertiary/aromatic N) is 2. The van der Waals surface area contributed by atoms with E-state index < -0.39 is 5.97 Å². The lowest BCUT2D eigenvalue weighted by molar-refractivity contribution is 0.0690. The summed E-state index contributed by atoms with van der Waals surface area (Å²) in [5, 5.41) is 11.6. The van der Waals surface area contributed by atoms with Gasteiger partial charge in [0, 0.05) is 6.54 Å². The van der Waals surface area contributed by atoms with Gasteiger partial charge in [-0.3, -0.25) is 0 Å². The maximum atomic E-state index is 10.5. The summed E-state index contributed by atoms with van der Waals surface area (Å²) in [6.07, 6.45) is 7.64. The van der Waals surface area contributed by atoms with E-state index in [1.165, 1.54) is 12.4 Å². The van der Waals surface area contributed by atoms with E-state index >= 15 is 0 Å². The number of rotatable bonds is 5. The Labute approximate surface area is 87.9 Å². The van der Waals surface area contributed by atoms with Crippen molar-refractivity contribution in [2.24, 2.45) is 0 Å². The van der Waals surface area contributed by atoms with E-state index in [1.807, 2.05) is 12.2 Å². The van der Waals surface area contributed by atoms with Gasteiger partial charge in [-0.15, -0.1) is 0 Å². The Morgan fingerprint density at radius 1 is 1.47 bits per heavy atom. The molecule has 0 aliphatic carbocycles. The highest BCUT2D eigenvalue weighted by atomic mass is 16.4. The van der Waals surface area contributed by atoms with Gasteiger partial charge in [-0.25, -0.2) is 14.8 Å². The minimum Gasteiger partial charge on any atom is -0.476 e. The molecule has 0 saturated heterocycles. The Morgan fingerprint density at radius 3 is 2.80 bits per heavy atom. The number of carboxylic acid groups (broad SMARTS) is 1. The zero-order valence-electron chi connectivity index (χ0n) is 8.47. The molecule has 0 saturated carbocycles. The van der Waals surface area contributed by atoms with Crippen LogP contribution in [0.15, 0.2) is 24.5 Å². The van der Waals surface area contributed by atoms with Gasteiger partial charge in [0.05, 0.1) is 12.4 Å². The molecule has 15 heavy (non-hydrogen) atoms. The number of allylic oxidation sites excluding steroid dienone is 1. The molecule has 1 aromatic heterocycles. The molecule has 0 spiro atoms. The molecule has 1 heterocycles. The van der Waals surface area contributed by atoms with Crippen molar-refractivity contribution in [1.29, 1.82) is 0 Å². The van der Waals surface area contributed by atoms with Crippen LogP contribution in [0.5, 0.6) is 0 Å². The Hall–Kier alpha value is -1.91. The topological polar surface area (TPSA) is 75.1 Å². The molecule has 0 aromatic carbocycles. The number of anilines is 1. The van der Waals surface area contributed by atoms with Crippen LogP contribution < -0.4 is 5.32 Å². The second-order valence-electron chi connectivity index (χ2n) is 2.85. The summed E-state index contributed by atoms with van der Waals surface area (Å²) in [7, 11) is 0. The maximum absolute atomic E-state index is 10.5. The fourth-order valence-corrected chi connectivity index (χ4v) is 0.943. The summed E-state index contributed by atoms with van der Waals surface area (Å²) in [5.74, 6) is -0.499. The third kappa shape index (κ3) is 3.76.